The molecule has 0 unspecified atom stereocenters. The minimum Gasteiger partial charge on any atom is -0.493 e. The van der Waals surface area contributed by atoms with Crippen molar-refractivity contribution >= 4 is 28.6 Å². The second-order valence-electron chi connectivity index (χ2n) is 7.86. The fourth-order valence-electron chi connectivity index (χ4n) is 4.13. The summed E-state index contributed by atoms with van der Waals surface area (Å²) in [4.78, 5) is 18.0. The van der Waals surface area contributed by atoms with Gasteiger partial charge in [-0.15, -0.1) is 0 Å². The van der Waals surface area contributed by atoms with E-state index in [1.54, 1.807) is 11.8 Å². The van der Waals surface area contributed by atoms with E-state index >= 15 is 0 Å². The van der Waals surface area contributed by atoms with Gasteiger partial charge in [0.25, 0.3) is 0 Å². The summed E-state index contributed by atoms with van der Waals surface area (Å²) in [5.41, 5.74) is 4.01. The maximum atomic E-state index is 12.8. The number of benzene rings is 2. The zero-order chi connectivity index (χ0) is 22.7. The number of hydrogen-bond acceptors (Lipinski definition) is 5. The van der Waals surface area contributed by atoms with Crippen LogP contribution >= 0.6 is 11.6 Å². The summed E-state index contributed by atoms with van der Waals surface area (Å²) >= 11 is 6.24. The van der Waals surface area contributed by atoms with Gasteiger partial charge in [0.1, 0.15) is 11.8 Å². The Hall–Kier alpha value is -2.74. The fourth-order valence-corrected chi connectivity index (χ4v) is 4.31. The molecule has 0 bridgehead atoms. The Morgan fingerprint density at radius 1 is 1.22 bits per heavy atom. The number of aliphatic hydroxyl groups excluding tert-OH is 2. The van der Waals surface area contributed by atoms with Gasteiger partial charge in [0.05, 0.1) is 26.4 Å². The summed E-state index contributed by atoms with van der Waals surface area (Å²) in [5.74, 6) is 0.302. The molecule has 1 aliphatic heterocycles. The molecule has 4 rings (SSSR count). The maximum absolute atomic E-state index is 12.8. The van der Waals surface area contributed by atoms with Gasteiger partial charge in [-0.05, 0) is 54.8 Å². The largest absolute Gasteiger partial charge is 0.493 e. The number of rotatable bonds is 7. The van der Waals surface area contributed by atoms with E-state index in [2.05, 4.69) is 4.98 Å². The van der Waals surface area contributed by atoms with E-state index < -0.39 is 0 Å². The summed E-state index contributed by atoms with van der Waals surface area (Å²) in [7, 11) is 0. The molecule has 3 N–H and O–H groups in total. The second-order valence-corrected chi connectivity index (χ2v) is 8.30. The van der Waals surface area contributed by atoms with Gasteiger partial charge in [-0.2, -0.15) is 0 Å². The molecule has 0 saturated carbocycles. The smallest absolute Gasteiger partial charge is 0.410 e. The number of halogens is 1. The Bertz CT molecular complexity index is 1080. The fraction of sp³-hybridized carbons (Fsp3) is 0.375. The number of H-pyrrole nitrogens is 1. The van der Waals surface area contributed by atoms with E-state index in [9.17, 15) is 15.0 Å². The maximum Gasteiger partial charge on any atom is 0.410 e. The van der Waals surface area contributed by atoms with Gasteiger partial charge in [0.15, 0.2) is 0 Å². The van der Waals surface area contributed by atoms with Crippen LogP contribution in [0.25, 0.3) is 10.9 Å². The van der Waals surface area contributed by atoms with Crippen LogP contribution in [0.3, 0.4) is 0 Å². The first-order chi connectivity index (χ1) is 15.5. The number of fused-ring (bicyclic) bond motifs is 3. The summed E-state index contributed by atoms with van der Waals surface area (Å²) in [6, 6.07) is 12.9. The third-order valence-corrected chi connectivity index (χ3v) is 6.02. The Morgan fingerprint density at radius 2 is 1.97 bits per heavy atom. The van der Waals surface area contributed by atoms with E-state index in [1.165, 1.54) is 0 Å². The molecule has 7 nitrogen and oxygen atoms in total. The molecule has 1 aliphatic rings. The van der Waals surface area contributed by atoms with Gasteiger partial charge < -0.3 is 24.7 Å². The molecule has 3 aromatic rings. The lowest BCUT2D eigenvalue weighted by Gasteiger charge is -2.35. The number of aromatic nitrogens is 1. The molecule has 0 saturated heterocycles. The van der Waals surface area contributed by atoms with Crippen molar-refractivity contribution in [2.75, 3.05) is 33.0 Å². The number of aromatic amines is 1. The number of ether oxygens (including phenoxy) is 2. The molecule has 0 aliphatic carbocycles. The van der Waals surface area contributed by atoms with Crippen LogP contribution in [0.5, 0.6) is 5.75 Å². The van der Waals surface area contributed by atoms with Crippen molar-refractivity contribution in [3.05, 3.63) is 64.3 Å². The van der Waals surface area contributed by atoms with Crippen LogP contribution < -0.4 is 4.74 Å². The second kappa shape index (κ2) is 9.81. The van der Waals surface area contributed by atoms with E-state index in [-0.39, 0.29) is 37.9 Å². The number of carbonyl (C=O) groups is 1. The zero-order valence-electron chi connectivity index (χ0n) is 17.9. The molecule has 0 spiro atoms. The Labute approximate surface area is 191 Å². The molecule has 170 valence electrons. The van der Waals surface area contributed by atoms with Crippen molar-refractivity contribution in [3.63, 3.8) is 0 Å². The number of hydrogen-bond donors (Lipinski definition) is 3. The molecule has 0 fully saturated rings. The van der Waals surface area contributed by atoms with Crippen LogP contribution in [0.1, 0.15) is 29.8 Å². The van der Waals surface area contributed by atoms with Gasteiger partial charge >= 0.3 is 6.09 Å². The first-order valence-electron chi connectivity index (χ1n) is 10.7. The third kappa shape index (κ3) is 4.41. The SMILES string of the molecule is CCOC(=O)N1CCc2c([nH]c3ccc(Cl)cc23)[C@@H]1c1ccc(OCC(CO)CO)cc1. The van der Waals surface area contributed by atoms with Gasteiger partial charge in [-0.1, -0.05) is 23.7 Å². The van der Waals surface area contributed by atoms with Crippen LogP contribution in [-0.2, 0) is 11.2 Å². The lowest BCUT2D eigenvalue weighted by molar-refractivity contribution is 0.0932. The summed E-state index contributed by atoms with van der Waals surface area (Å²) in [6.07, 6.45) is 0.351. The number of nitrogens with zero attached hydrogens (tertiary/aromatic N) is 1. The van der Waals surface area contributed by atoms with E-state index in [0.29, 0.717) is 30.3 Å². The third-order valence-electron chi connectivity index (χ3n) is 5.79. The zero-order valence-corrected chi connectivity index (χ0v) is 18.6. The Morgan fingerprint density at radius 3 is 2.66 bits per heavy atom. The van der Waals surface area contributed by atoms with Crippen LogP contribution in [-0.4, -0.2) is 59.2 Å². The van der Waals surface area contributed by atoms with Crippen molar-refractivity contribution in [1.29, 1.82) is 0 Å². The quantitative estimate of drug-likeness (QED) is 0.499. The molecule has 1 aromatic heterocycles. The molecule has 1 amide bonds. The van der Waals surface area contributed by atoms with Crippen molar-refractivity contribution in [2.45, 2.75) is 19.4 Å². The average Bonchev–Trinajstić information content (AvgIpc) is 3.17. The molecule has 2 aromatic carbocycles. The summed E-state index contributed by atoms with van der Waals surface area (Å²) in [5, 5.41) is 20.2. The number of nitrogens with one attached hydrogen (secondary N) is 1. The molecular weight excluding hydrogens is 432 g/mol. The Balaban J connectivity index is 1.68. The predicted molar refractivity (Wildman–Crippen MR) is 122 cm³/mol. The normalized spacial score (nSPS) is 15.8. The van der Waals surface area contributed by atoms with Gasteiger partial charge in [0.2, 0.25) is 0 Å². The highest BCUT2D eigenvalue weighted by molar-refractivity contribution is 6.31. The number of carbonyl (C=O) groups excluding carboxylic acids is 1. The molecule has 8 heteroatoms. The van der Waals surface area contributed by atoms with Gasteiger partial charge in [0, 0.05) is 34.1 Å². The van der Waals surface area contributed by atoms with Crippen LogP contribution in [0, 0.1) is 5.92 Å². The predicted octanol–water partition coefficient (Wildman–Crippen LogP) is 3.90. The number of aliphatic hydroxyl groups is 2. The average molecular weight is 459 g/mol. The minimum atomic E-state index is -0.353. The van der Waals surface area contributed by atoms with E-state index in [1.807, 2.05) is 42.5 Å². The first-order valence-corrected chi connectivity index (χ1v) is 11.1. The molecular formula is C24H27ClN2O5. The van der Waals surface area contributed by atoms with Crippen molar-refractivity contribution in [2.24, 2.45) is 5.92 Å². The Kier molecular flexibility index (Phi) is 6.89. The minimum absolute atomic E-state index is 0.141. The van der Waals surface area contributed by atoms with Gasteiger partial charge in [-0.25, -0.2) is 4.79 Å². The van der Waals surface area contributed by atoms with E-state index in [0.717, 1.165) is 27.7 Å². The lowest BCUT2D eigenvalue weighted by atomic mass is 9.92. The van der Waals surface area contributed by atoms with Crippen LogP contribution in [0.4, 0.5) is 4.79 Å². The summed E-state index contributed by atoms with van der Waals surface area (Å²) in [6.45, 7) is 2.57. The molecule has 1 atom stereocenters. The van der Waals surface area contributed by atoms with Crippen LogP contribution in [0.2, 0.25) is 5.02 Å². The molecule has 2 heterocycles. The highest BCUT2D eigenvalue weighted by Crippen LogP contribution is 2.39. The molecule has 32 heavy (non-hydrogen) atoms. The van der Waals surface area contributed by atoms with Crippen molar-refractivity contribution in [3.8, 4) is 5.75 Å². The molecule has 0 radical (unpaired) electrons. The first kappa shape index (κ1) is 22.5. The van der Waals surface area contributed by atoms with Crippen molar-refractivity contribution < 1.29 is 24.5 Å². The van der Waals surface area contributed by atoms with E-state index in [4.69, 9.17) is 21.1 Å². The highest BCUT2D eigenvalue weighted by atomic mass is 35.5. The van der Waals surface area contributed by atoms with Crippen molar-refractivity contribution in [1.82, 2.24) is 9.88 Å². The van der Waals surface area contributed by atoms with Crippen LogP contribution in [0.15, 0.2) is 42.5 Å². The highest BCUT2D eigenvalue weighted by Gasteiger charge is 2.35. The summed E-state index contributed by atoms with van der Waals surface area (Å²) < 4.78 is 11.0. The standard InChI is InChI=1S/C24H27ClN2O5/c1-2-31-24(30)27-10-9-19-20-11-17(25)5-8-21(20)26-22(19)23(27)16-3-6-18(7-4-16)32-14-15(12-28)13-29/h3-8,11,15,23,26,28-29H,2,9-10,12-14H2,1H3/t23-/m0/s1. The monoisotopic (exact) mass is 458 g/mol. The number of amides is 1. The lowest BCUT2D eigenvalue weighted by Crippen LogP contribution is -2.40. The van der Waals surface area contributed by atoms with Gasteiger partial charge in [-0.3, -0.25) is 4.90 Å². The topological polar surface area (TPSA) is 95.0 Å².